The summed E-state index contributed by atoms with van der Waals surface area (Å²) < 4.78 is 30.3. The maximum Gasteiger partial charge on any atom is 0.331 e. The van der Waals surface area contributed by atoms with Crippen LogP contribution < -0.4 is 5.32 Å². The van der Waals surface area contributed by atoms with Gasteiger partial charge < -0.3 is 5.32 Å². The Labute approximate surface area is 98.4 Å². The van der Waals surface area contributed by atoms with E-state index in [1.807, 2.05) is 0 Å². The quantitative estimate of drug-likeness (QED) is 0.757. The van der Waals surface area contributed by atoms with Gasteiger partial charge in [0.1, 0.15) is 6.04 Å². The van der Waals surface area contributed by atoms with Crippen LogP contribution in [0, 0.1) is 0 Å². The SMILES string of the molecule is CC(=O)NC(C(=O)S(=O)(=O)O)c1ccccc1. The normalized spacial score (nSPS) is 12.8. The Morgan fingerprint density at radius 1 is 1.24 bits per heavy atom. The molecular weight excluding hydrogens is 246 g/mol. The van der Waals surface area contributed by atoms with E-state index in [0.29, 0.717) is 0 Å². The van der Waals surface area contributed by atoms with E-state index in [-0.39, 0.29) is 5.56 Å². The molecule has 1 atom stereocenters. The lowest BCUT2D eigenvalue weighted by Crippen LogP contribution is -2.35. The summed E-state index contributed by atoms with van der Waals surface area (Å²) in [6, 6.07) is 6.39. The summed E-state index contributed by atoms with van der Waals surface area (Å²) in [5.74, 6) is -0.573. The van der Waals surface area contributed by atoms with Gasteiger partial charge in [-0.2, -0.15) is 8.42 Å². The lowest BCUT2D eigenvalue weighted by Gasteiger charge is -2.14. The molecule has 1 unspecified atom stereocenters. The predicted molar refractivity (Wildman–Crippen MR) is 59.6 cm³/mol. The fraction of sp³-hybridized carbons (Fsp3) is 0.200. The first-order valence-electron chi connectivity index (χ1n) is 4.65. The lowest BCUT2D eigenvalue weighted by molar-refractivity contribution is -0.123. The molecule has 0 aromatic heterocycles. The van der Waals surface area contributed by atoms with Crippen molar-refractivity contribution in [3.8, 4) is 0 Å². The molecular formula is C10H11NO5S. The van der Waals surface area contributed by atoms with Crippen LogP contribution in [0.2, 0.25) is 0 Å². The van der Waals surface area contributed by atoms with Crippen molar-refractivity contribution >= 4 is 21.1 Å². The van der Waals surface area contributed by atoms with Crippen molar-refractivity contribution in [2.45, 2.75) is 13.0 Å². The van der Waals surface area contributed by atoms with Gasteiger partial charge in [-0.1, -0.05) is 30.3 Å². The highest BCUT2D eigenvalue weighted by atomic mass is 32.2. The number of benzene rings is 1. The molecule has 0 aliphatic heterocycles. The molecule has 0 bridgehead atoms. The molecule has 0 spiro atoms. The van der Waals surface area contributed by atoms with Gasteiger partial charge in [0.25, 0.3) is 5.12 Å². The summed E-state index contributed by atoms with van der Waals surface area (Å²) in [7, 11) is -4.85. The molecule has 0 saturated heterocycles. The Balaban J connectivity index is 3.14. The van der Waals surface area contributed by atoms with Gasteiger partial charge in [0.05, 0.1) is 0 Å². The van der Waals surface area contributed by atoms with Gasteiger partial charge in [-0.15, -0.1) is 0 Å². The summed E-state index contributed by atoms with van der Waals surface area (Å²) in [4.78, 5) is 22.4. The van der Waals surface area contributed by atoms with Crippen LogP contribution in [0.3, 0.4) is 0 Å². The number of hydrogen-bond acceptors (Lipinski definition) is 4. The zero-order valence-electron chi connectivity index (χ0n) is 8.95. The molecule has 0 fully saturated rings. The van der Waals surface area contributed by atoms with Crippen LogP contribution in [0.25, 0.3) is 0 Å². The number of carbonyl (C=O) groups is 2. The van der Waals surface area contributed by atoms with E-state index in [0.717, 1.165) is 6.92 Å². The molecule has 1 aromatic carbocycles. The van der Waals surface area contributed by atoms with Crippen molar-refractivity contribution in [2.75, 3.05) is 0 Å². The Morgan fingerprint density at radius 2 is 1.76 bits per heavy atom. The van der Waals surface area contributed by atoms with Gasteiger partial charge in [-0.3, -0.25) is 14.1 Å². The average molecular weight is 257 g/mol. The molecule has 0 heterocycles. The highest BCUT2D eigenvalue weighted by molar-refractivity contribution is 8.01. The third-order valence-electron chi connectivity index (χ3n) is 1.97. The zero-order valence-corrected chi connectivity index (χ0v) is 9.77. The average Bonchev–Trinajstić information content (AvgIpc) is 2.24. The minimum Gasteiger partial charge on any atom is -0.341 e. The number of amides is 1. The third kappa shape index (κ3) is 3.65. The maximum atomic E-state index is 11.4. The van der Waals surface area contributed by atoms with Crippen molar-refractivity contribution < 1.29 is 22.6 Å². The van der Waals surface area contributed by atoms with Crippen LogP contribution in [-0.4, -0.2) is 24.0 Å². The van der Waals surface area contributed by atoms with Crippen LogP contribution in [0.5, 0.6) is 0 Å². The van der Waals surface area contributed by atoms with E-state index in [1.165, 1.54) is 12.1 Å². The second kappa shape index (κ2) is 5.07. The first kappa shape index (κ1) is 13.3. The highest BCUT2D eigenvalue weighted by Crippen LogP contribution is 2.15. The fourth-order valence-corrected chi connectivity index (χ4v) is 1.77. The summed E-state index contributed by atoms with van der Waals surface area (Å²) in [6.45, 7) is 1.15. The smallest absolute Gasteiger partial charge is 0.331 e. The van der Waals surface area contributed by atoms with Gasteiger partial charge in [0.15, 0.2) is 0 Å². The van der Waals surface area contributed by atoms with Crippen LogP contribution in [0.15, 0.2) is 30.3 Å². The molecule has 17 heavy (non-hydrogen) atoms. The van der Waals surface area contributed by atoms with Gasteiger partial charge >= 0.3 is 10.1 Å². The summed E-state index contributed by atoms with van der Waals surface area (Å²) in [5.41, 5.74) is 0.283. The topological polar surface area (TPSA) is 101 Å². The van der Waals surface area contributed by atoms with Crippen molar-refractivity contribution in [3.63, 3.8) is 0 Å². The molecule has 2 N–H and O–H groups in total. The standard InChI is InChI=1S/C10H11NO5S/c1-7(12)11-9(10(13)17(14,15)16)8-5-3-2-4-6-8/h2-6,9H,1H3,(H,11,12)(H,14,15,16). The summed E-state index contributed by atoms with van der Waals surface area (Å²) in [5, 5.41) is 0.715. The first-order chi connectivity index (χ1) is 7.82. The molecule has 1 rings (SSSR count). The number of rotatable bonds is 3. The molecule has 1 amide bonds. The van der Waals surface area contributed by atoms with E-state index in [9.17, 15) is 18.0 Å². The molecule has 0 saturated carbocycles. The molecule has 0 aliphatic carbocycles. The van der Waals surface area contributed by atoms with E-state index >= 15 is 0 Å². The summed E-state index contributed by atoms with van der Waals surface area (Å²) in [6.07, 6.45) is 0. The monoisotopic (exact) mass is 257 g/mol. The molecule has 7 heteroatoms. The van der Waals surface area contributed by atoms with E-state index in [1.54, 1.807) is 18.2 Å². The number of hydrogen-bond donors (Lipinski definition) is 2. The lowest BCUT2D eigenvalue weighted by atomic mass is 10.1. The second-order valence-electron chi connectivity index (χ2n) is 3.34. The number of nitrogens with one attached hydrogen (secondary N) is 1. The molecule has 0 aliphatic rings. The second-order valence-corrected chi connectivity index (χ2v) is 4.69. The van der Waals surface area contributed by atoms with Gasteiger partial charge in [-0.05, 0) is 5.56 Å². The van der Waals surface area contributed by atoms with Crippen molar-refractivity contribution in [3.05, 3.63) is 35.9 Å². The van der Waals surface area contributed by atoms with E-state index in [2.05, 4.69) is 5.32 Å². The Bertz CT molecular complexity index is 523. The van der Waals surface area contributed by atoms with Crippen molar-refractivity contribution in [1.29, 1.82) is 0 Å². The van der Waals surface area contributed by atoms with Gasteiger partial charge in [-0.25, -0.2) is 0 Å². The minimum atomic E-state index is -4.85. The van der Waals surface area contributed by atoms with Crippen molar-refractivity contribution in [2.24, 2.45) is 0 Å². The number of carbonyl (C=O) groups excluding carboxylic acids is 2. The first-order valence-corrected chi connectivity index (χ1v) is 6.10. The summed E-state index contributed by atoms with van der Waals surface area (Å²) >= 11 is 0. The van der Waals surface area contributed by atoms with E-state index < -0.39 is 27.2 Å². The van der Waals surface area contributed by atoms with Crippen LogP contribution >= 0.6 is 0 Å². The molecule has 6 nitrogen and oxygen atoms in total. The maximum absolute atomic E-state index is 11.4. The van der Waals surface area contributed by atoms with Crippen LogP contribution in [0.1, 0.15) is 18.5 Å². The Morgan fingerprint density at radius 3 is 2.18 bits per heavy atom. The van der Waals surface area contributed by atoms with Crippen LogP contribution in [0.4, 0.5) is 0 Å². The van der Waals surface area contributed by atoms with Gasteiger partial charge in [0, 0.05) is 6.92 Å². The molecule has 0 radical (unpaired) electrons. The fourth-order valence-electron chi connectivity index (χ4n) is 1.28. The van der Waals surface area contributed by atoms with Gasteiger partial charge in [0.2, 0.25) is 5.91 Å². The van der Waals surface area contributed by atoms with E-state index in [4.69, 9.17) is 4.55 Å². The van der Waals surface area contributed by atoms with Crippen molar-refractivity contribution in [1.82, 2.24) is 5.32 Å². The minimum absolute atomic E-state index is 0.283. The zero-order chi connectivity index (χ0) is 13.1. The Kier molecular flexibility index (Phi) is 3.97. The third-order valence-corrected chi connectivity index (χ3v) is 2.71. The molecule has 92 valence electrons. The largest absolute Gasteiger partial charge is 0.341 e. The molecule has 1 aromatic rings. The van der Waals surface area contributed by atoms with Crippen LogP contribution in [-0.2, 0) is 19.7 Å². The predicted octanol–water partition coefficient (Wildman–Crippen LogP) is 0.278. The highest BCUT2D eigenvalue weighted by Gasteiger charge is 2.31. The Hall–Kier alpha value is -1.73.